The standard InChI is InChI=1S/C20H23N5O2S/c1-26-16(12-3-2-4-13-15(12)25-27-24-13)17-18(21)23-19(28-17)22-14-9-20(14)8-10-5-6-11(20)7-10/h2-4,10-11,14,16H,5-9,21H2,1H3,(H,22,23). The van der Waals surface area contributed by atoms with Crippen LogP contribution in [0.1, 0.15) is 48.6 Å². The van der Waals surface area contributed by atoms with Gasteiger partial charge in [-0.3, -0.25) is 0 Å². The van der Waals surface area contributed by atoms with Crippen LogP contribution in [0.15, 0.2) is 22.8 Å². The Kier molecular flexibility index (Phi) is 3.53. The maximum Gasteiger partial charge on any atom is 0.185 e. The minimum atomic E-state index is -0.348. The molecule has 3 saturated carbocycles. The molecule has 0 aliphatic heterocycles. The zero-order valence-electron chi connectivity index (χ0n) is 15.7. The summed E-state index contributed by atoms with van der Waals surface area (Å²) in [5.41, 5.74) is 9.11. The lowest BCUT2D eigenvalue weighted by Gasteiger charge is -2.22. The van der Waals surface area contributed by atoms with Crippen LogP contribution < -0.4 is 11.1 Å². The Hall–Kier alpha value is -2.19. The third-order valence-corrected chi connectivity index (χ3v) is 8.24. The van der Waals surface area contributed by atoms with E-state index in [4.69, 9.17) is 15.1 Å². The molecule has 3 aliphatic rings. The van der Waals surface area contributed by atoms with E-state index in [1.807, 2.05) is 18.2 Å². The number of fused-ring (bicyclic) bond motifs is 4. The van der Waals surface area contributed by atoms with Crippen molar-refractivity contribution in [2.24, 2.45) is 17.3 Å². The number of methoxy groups -OCH3 is 1. The molecule has 3 aliphatic carbocycles. The Balaban J connectivity index is 1.27. The van der Waals surface area contributed by atoms with Gasteiger partial charge in [0.1, 0.15) is 23.0 Å². The van der Waals surface area contributed by atoms with E-state index >= 15 is 0 Å². The van der Waals surface area contributed by atoms with Gasteiger partial charge in [0.2, 0.25) is 0 Å². The van der Waals surface area contributed by atoms with Crippen molar-refractivity contribution in [3.63, 3.8) is 0 Å². The van der Waals surface area contributed by atoms with Crippen LogP contribution in [-0.2, 0) is 4.74 Å². The van der Waals surface area contributed by atoms with Crippen molar-refractivity contribution in [1.82, 2.24) is 15.3 Å². The van der Waals surface area contributed by atoms with Crippen LogP contribution in [-0.4, -0.2) is 28.4 Å². The zero-order chi connectivity index (χ0) is 18.9. The highest BCUT2D eigenvalue weighted by molar-refractivity contribution is 7.16. The fraction of sp³-hybridized carbons (Fsp3) is 0.550. The molecule has 2 aromatic heterocycles. The summed E-state index contributed by atoms with van der Waals surface area (Å²) in [6, 6.07) is 6.31. The molecule has 1 spiro atoms. The number of anilines is 2. The van der Waals surface area contributed by atoms with Gasteiger partial charge < -0.3 is 15.8 Å². The van der Waals surface area contributed by atoms with Gasteiger partial charge in [0, 0.05) is 18.7 Å². The monoisotopic (exact) mass is 397 g/mol. The third-order valence-electron chi connectivity index (χ3n) is 7.19. The van der Waals surface area contributed by atoms with Gasteiger partial charge in [0.25, 0.3) is 0 Å². The number of nitrogens with zero attached hydrogens (tertiary/aromatic N) is 3. The van der Waals surface area contributed by atoms with E-state index in [0.29, 0.717) is 28.3 Å². The van der Waals surface area contributed by atoms with Crippen LogP contribution in [0.2, 0.25) is 0 Å². The minimum absolute atomic E-state index is 0.348. The molecular weight excluding hydrogens is 374 g/mol. The first-order valence-electron chi connectivity index (χ1n) is 9.94. The van der Waals surface area contributed by atoms with Gasteiger partial charge in [-0.2, -0.15) is 0 Å². The lowest BCUT2D eigenvalue weighted by Crippen LogP contribution is -2.20. The molecule has 3 N–H and O–H groups in total. The largest absolute Gasteiger partial charge is 0.383 e. The Morgan fingerprint density at radius 2 is 2.25 bits per heavy atom. The van der Waals surface area contributed by atoms with Crippen LogP contribution >= 0.6 is 11.3 Å². The molecule has 3 aromatic rings. The Bertz CT molecular complexity index is 1050. The smallest absolute Gasteiger partial charge is 0.185 e. The first-order chi connectivity index (χ1) is 13.7. The van der Waals surface area contributed by atoms with Gasteiger partial charge in [0.05, 0.1) is 4.88 Å². The van der Waals surface area contributed by atoms with Crippen molar-refractivity contribution in [3.05, 3.63) is 28.6 Å². The molecular formula is C20H23N5O2S. The predicted molar refractivity (Wildman–Crippen MR) is 107 cm³/mol. The number of benzene rings is 1. The molecule has 0 amide bonds. The summed E-state index contributed by atoms with van der Waals surface area (Å²) in [5, 5.41) is 12.5. The molecule has 5 unspecified atom stereocenters. The second kappa shape index (κ2) is 5.90. The molecule has 1 aromatic carbocycles. The lowest BCUT2D eigenvalue weighted by atomic mass is 9.85. The molecule has 0 saturated heterocycles. The molecule has 5 atom stereocenters. The summed E-state index contributed by atoms with van der Waals surface area (Å²) in [5.74, 6) is 2.38. The summed E-state index contributed by atoms with van der Waals surface area (Å²) in [6.07, 6.45) is 6.61. The van der Waals surface area contributed by atoms with E-state index < -0.39 is 0 Å². The van der Waals surface area contributed by atoms with E-state index in [1.165, 1.54) is 32.1 Å². The second-order valence-corrected chi connectivity index (χ2v) is 9.61. The molecule has 3 fully saturated rings. The second-order valence-electron chi connectivity index (χ2n) is 8.58. The average Bonchev–Trinajstić information content (AvgIpc) is 3.21. The van der Waals surface area contributed by atoms with Crippen LogP contribution in [0.5, 0.6) is 0 Å². The quantitative estimate of drug-likeness (QED) is 0.671. The molecule has 2 heterocycles. The zero-order valence-corrected chi connectivity index (χ0v) is 16.5. The highest BCUT2D eigenvalue weighted by atomic mass is 32.1. The predicted octanol–water partition coefficient (Wildman–Crippen LogP) is 3.99. The van der Waals surface area contributed by atoms with E-state index in [-0.39, 0.29) is 6.10 Å². The van der Waals surface area contributed by atoms with Crippen LogP contribution in [0.25, 0.3) is 11.0 Å². The molecule has 146 valence electrons. The lowest BCUT2D eigenvalue weighted by molar-refractivity contribution is 0.140. The normalized spacial score (nSPS) is 31.7. The molecule has 6 rings (SSSR count). The number of thiazole rings is 1. The van der Waals surface area contributed by atoms with Gasteiger partial charge >= 0.3 is 0 Å². The number of nitrogen functional groups attached to an aromatic ring is 1. The maximum atomic E-state index is 6.30. The summed E-state index contributed by atoms with van der Waals surface area (Å²) in [6.45, 7) is 0. The number of ether oxygens (including phenoxy) is 1. The summed E-state index contributed by atoms with van der Waals surface area (Å²) < 4.78 is 10.7. The number of aromatic nitrogens is 3. The van der Waals surface area contributed by atoms with Crippen LogP contribution in [0.3, 0.4) is 0 Å². The highest BCUT2D eigenvalue weighted by Crippen LogP contribution is 2.69. The van der Waals surface area contributed by atoms with Gasteiger partial charge in [-0.1, -0.05) is 29.9 Å². The number of nitrogens with one attached hydrogen (secondary N) is 1. The average molecular weight is 398 g/mol. The summed E-state index contributed by atoms with van der Waals surface area (Å²) in [4.78, 5) is 5.51. The van der Waals surface area contributed by atoms with Crippen molar-refractivity contribution >= 4 is 33.3 Å². The molecule has 8 heteroatoms. The summed E-state index contributed by atoms with van der Waals surface area (Å²) in [7, 11) is 1.68. The SMILES string of the molecule is COC(c1sc(NC2CC23CC2CCC3C2)nc1N)c1cccc2nonc12. The number of hydrogen-bond donors (Lipinski definition) is 2. The molecule has 2 bridgehead atoms. The highest BCUT2D eigenvalue weighted by Gasteiger charge is 2.65. The minimum Gasteiger partial charge on any atom is -0.383 e. The first-order valence-corrected chi connectivity index (χ1v) is 10.8. The fourth-order valence-electron chi connectivity index (χ4n) is 5.84. The van der Waals surface area contributed by atoms with Gasteiger partial charge in [-0.25, -0.2) is 9.61 Å². The van der Waals surface area contributed by atoms with Crippen molar-refractivity contribution in [1.29, 1.82) is 0 Å². The van der Waals surface area contributed by atoms with Gasteiger partial charge in [0.15, 0.2) is 5.13 Å². The van der Waals surface area contributed by atoms with E-state index in [0.717, 1.165) is 27.4 Å². The Labute approximate surface area is 166 Å². The topological polar surface area (TPSA) is 99.1 Å². The summed E-state index contributed by atoms with van der Waals surface area (Å²) >= 11 is 1.58. The van der Waals surface area contributed by atoms with Crippen LogP contribution in [0.4, 0.5) is 10.9 Å². The van der Waals surface area contributed by atoms with Gasteiger partial charge in [-0.05, 0) is 59.3 Å². The fourth-order valence-corrected chi connectivity index (χ4v) is 6.87. The molecule has 0 radical (unpaired) electrons. The van der Waals surface area contributed by atoms with Crippen molar-refractivity contribution in [2.75, 3.05) is 18.2 Å². The number of nitrogens with two attached hydrogens (primary N) is 1. The maximum absolute atomic E-state index is 6.30. The Morgan fingerprint density at radius 3 is 3.04 bits per heavy atom. The van der Waals surface area contributed by atoms with Crippen molar-refractivity contribution < 1.29 is 9.37 Å². The Morgan fingerprint density at radius 1 is 1.32 bits per heavy atom. The van der Waals surface area contributed by atoms with E-state index in [2.05, 4.69) is 20.6 Å². The number of rotatable bonds is 5. The third kappa shape index (κ3) is 2.34. The van der Waals surface area contributed by atoms with E-state index in [9.17, 15) is 0 Å². The van der Waals surface area contributed by atoms with Gasteiger partial charge in [-0.15, -0.1) is 0 Å². The van der Waals surface area contributed by atoms with Crippen molar-refractivity contribution in [2.45, 2.75) is 44.2 Å². The number of hydrogen-bond acceptors (Lipinski definition) is 8. The van der Waals surface area contributed by atoms with Crippen LogP contribution in [0, 0.1) is 17.3 Å². The molecule has 28 heavy (non-hydrogen) atoms. The first kappa shape index (κ1) is 16.7. The van der Waals surface area contributed by atoms with Crippen molar-refractivity contribution in [3.8, 4) is 0 Å². The molecule has 7 nitrogen and oxygen atoms in total. The van der Waals surface area contributed by atoms with E-state index in [1.54, 1.807) is 18.4 Å².